The molecule has 3 aliphatic heterocycles. The molecule has 1 aromatic rings. The first-order valence-corrected chi connectivity index (χ1v) is 12.9. The van der Waals surface area contributed by atoms with E-state index in [4.69, 9.17) is 19.9 Å². The molecule has 2 amide bonds. The Morgan fingerprint density at radius 1 is 1.16 bits per heavy atom. The van der Waals surface area contributed by atoms with Gasteiger partial charge in [0.15, 0.2) is 5.78 Å². The van der Waals surface area contributed by atoms with Gasteiger partial charge in [0.2, 0.25) is 11.8 Å². The smallest absolute Gasteiger partial charge is 0.249 e. The summed E-state index contributed by atoms with van der Waals surface area (Å²) in [7, 11) is 3.27. The van der Waals surface area contributed by atoms with Crippen LogP contribution in [-0.4, -0.2) is 112 Å². The van der Waals surface area contributed by atoms with Crippen LogP contribution in [0.5, 0.6) is 0 Å². The fourth-order valence-electron chi connectivity index (χ4n) is 5.84. The minimum absolute atomic E-state index is 0.0302. The number of benzene rings is 1. The van der Waals surface area contributed by atoms with Gasteiger partial charge in [0, 0.05) is 58.2 Å². The molecule has 0 bridgehead atoms. The predicted octanol–water partition coefficient (Wildman–Crippen LogP) is 0.877. The number of anilines is 1. The zero-order chi connectivity index (χ0) is 26.9. The molecule has 0 aliphatic carbocycles. The lowest BCUT2D eigenvalue weighted by atomic mass is 9.73. The van der Waals surface area contributed by atoms with Crippen molar-refractivity contribution in [1.82, 2.24) is 9.80 Å². The molecule has 1 aromatic carbocycles. The first-order chi connectivity index (χ1) is 17.6. The first-order valence-electron chi connectivity index (χ1n) is 12.9. The average molecular weight is 517 g/mol. The van der Waals surface area contributed by atoms with E-state index in [1.165, 1.54) is 0 Å². The van der Waals surface area contributed by atoms with Gasteiger partial charge in [-0.15, -0.1) is 0 Å². The number of hydrogen-bond acceptors (Lipinski definition) is 8. The second-order valence-electron chi connectivity index (χ2n) is 11.2. The number of hydrogen-bond donors (Lipinski definition) is 1. The van der Waals surface area contributed by atoms with Crippen molar-refractivity contribution < 1.29 is 28.6 Å². The fourth-order valence-corrected chi connectivity index (χ4v) is 5.84. The second-order valence-corrected chi connectivity index (χ2v) is 11.2. The quantitative estimate of drug-likeness (QED) is 0.542. The van der Waals surface area contributed by atoms with E-state index in [-0.39, 0.29) is 30.9 Å². The van der Waals surface area contributed by atoms with E-state index in [2.05, 4.69) is 9.80 Å². The van der Waals surface area contributed by atoms with E-state index >= 15 is 0 Å². The topological polar surface area (TPSA) is 115 Å². The van der Waals surface area contributed by atoms with Crippen molar-refractivity contribution in [2.45, 2.75) is 44.9 Å². The van der Waals surface area contributed by atoms with Crippen LogP contribution in [0.2, 0.25) is 0 Å². The SMILES string of the molecule is COCCN1CCN(c2ccc(C(N)=O)c([C@@H](C(=O)N3C[C@@H](OC)[C@H]4OCC(=O)[C@H]43)C(C)(C)C)c2)CC1. The average Bonchev–Trinajstić information content (AvgIpc) is 3.42. The molecule has 4 atom stereocenters. The van der Waals surface area contributed by atoms with Crippen molar-refractivity contribution in [1.29, 1.82) is 0 Å². The molecule has 3 heterocycles. The Kier molecular flexibility index (Phi) is 8.23. The van der Waals surface area contributed by atoms with Crippen LogP contribution in [-0.2, 0) is 23.8 Å². The standard InChI is InChI=1S/C27H40N4O6/c1-27(2,3)22(26(34)31-15-21(36-5)24-23(31)20(32)16-37-24)19-14-17(6-7-18(19)25(28)33)30-10-8-29(9-11-30)12-13-35-4/h6-7,14,21-24H,8-13,15-16H2,1-5H3,(H2,28,33)/t21-,22+,23-,24-/m1/s1. The third-order valence-electron chi connectivity index (χ3n) is 7.80. The molecule has 3 aliphatic rings. The molecule has 3 saturated heterocycles. The van der Waals surface area contributed by atoms with Gasteiger partial charge in [-0.25, -0.2) is 0 Å². The molecule has 10 nitrogen and oxygen atoms in total. The molecular formula is C27H40N4O6. The summed E-state index contributed by atoms with van der Waals surface area (Å²) < 4.78 is 16.4. The van der Waals surface area contributed by atoms with Gasteiger partial charge in [0.25, 0.3) is 0 Å². The van der Waals surface area contributed by atoms with Crippen molar-refractivity contribution in [3.8, 4) is 0 Å². The lowest BCUT2D eigenvalue weighted by molar-refractivity contribution is -0.140. The van der Waals surface area contributed by atoms with Crippen LogP contribution in [0.25, 0.3) is 0 Å². The third kappa shape index (κ3) is 5.52. The maximum Gasteiger partial charge on any atom is 0.249 e. The summed E-state index contributed by atoms with van der Waals surface area (Å²) >= 11 is 0. The highest BCUT2D eigenvalue weighted by molar-refractivity contribution is 5.99. The van der Waals surface area contributed by atoms with E-state index in [0.29, 0.717) is 17.7 Å². The van der Waals surface area contributed by atoms with Gasteiger partial charge in [-0.2, -0.15) is 0 Å². The lowest BCUT2D eigenvalue weighted by Gasteiger charge is -2.38. The van der Waals surface area contributed by atoms with Crippen molar-refractivity contribution in [3.05, 3.63) is 29.3 Å². The van der Waals surface area contributed by atoms with Crippen LogP contribution in [0.15, 0.2) is 18.2 Å². The molecule has 4 rings (SSSR count). The molecule has 3 fully saturated rings. The molecule has 0 spiro atoms. The molecular weight excluding hydrogens is 476 g/mol. The summed E-state index contributed by atoms with van der Waals surface area (Å²) in [6.07, 6.45) is -0.851. The molecule has 0 radical (unpaired) electrons. The molecule has 10 heteroatoms. The number of ether oxygens (including phenoxy) is 3. The number of fused-ring (bicyclic) bond motifs is 1. The number of Topliss-reactive ketones (excluding diaryl/α,β-unsaturated/α-hetero) is 1. The van der Waals surface area contributed by atoms with E-state index < -0.39 is 29.4 Å². The molecule has 0 saturated carbocycles. The normalized spacial score (nSPS) is 25.4. The Balaban J connectivity index is 1.67. The Morgan fingerprint density at radius 2 is 1.86 bits per heavy atom. The number of rotatable bonds is 8. The summed E-state index contributed by atoms with van der Waals surface area (Å²) in [6.45, 7) is 11.2. The van der Waals surface area contributed by atoms with Gasteiger partial charge in [-0.05, 0) is 29.2 Å². The summed E-state index contributed by atoms with van der Waals surface area (Å²) in [5, 5.41) is 0. The minimum Gasteiger partial charge on any atom is -0.383 e. The monoisotopic (exact) mass is 516 g/mol. The highest BCUT2D eigenvalue weighted by Gasteiger charge is 2.54. The van der Waals surface area contributed by atoms with Crippen LogP contribution in [0, 0.1) is 5.41 Å². The Morgan fingerprint density at radius 3 is 2.46 bits per heavy atom. The fraction of sp³-hybridized carbons (Fsp3) is 0.667. The van der Waals surface area contributed by atoms with E-state index in [1.54, 1.807) is 25.2 Å². The van der Waals surface area contributed by atoms with Crippen LogP contribution < -0.4 is 10.6 Å². The number of nitrogens with zero attached hydrogens (tertiary/aromatic N) is 3. The lowest BCUT2D eigenvalue weighted by Crippen LogP contribution is -2.48. The minimum atomic E-state index is -0.692. The van der Waals surface area contributed by atoms with Crippen molar-refractivity contribution in [3.63, 3.8) is 0 Å². The van der Waals surface area contributed by atoms with Crippen LogP contribution >= 0.6 is 0 Å². The molecule has 204 valence electrons. The molecule has 37 heavy (non-hydrogen) atoms. The number of primary amides is 1. The second kappa shape index (κ2) is 11.1. The van der Waals surface area contributed by atoms with Crippen molar-refractivity contribution >= 4 is 23.3 Å². The van der Waals surface area contributed by atoms with Gasteiger partial charge >= 0.3 is 0 Å². The highest BCUT2D eigenvalue weighted by Crippen LogP contribution is 2.42. The maximum atomic E-state index is 14.2. The van der Waals surface area contributed by atoms with Crippen LogP contribution in [0.3, 0.4) is 0 Å². The number of carbonyl (C=O) groups excluding carboxylic acids is 3. The number of carbonyl (C=O) groups is 3. The number of amides is 2. The summed E-state index contributed by atoms with van der Waals surface area (Å²) in [5.74, 6) is -1.62. The Hall–Kier alpha value is -2.53. The first kappa shape index (κ1) is 27.5. The largest absolute Gasteiger partial charge is 0.383 e. The Bertz CT molecular complexity index is 1020. The third-order valence-corrected chi connectivity index (χ3v) is 7.80. The maximum absolute atomic E-state index is 14.2. The van der Waals surface area contributed by atoms with Crippen LogP contribution in [0.4, 0.5) is 5.69 Å². The number of piperazine rings is 1. The number of ketones is 1. The van der Waals surface area contributed by atoms with Gasteiger partial charge in [0.1, 0.15) is 24.9 Å². The number of nitrogens with two attached hydrogens (primary N) is 1. The van der Waals surface area contributed by atoms with Gasteiger partial charge < -0.3 is 29.7 Å². The van der Waals surface area contributed by atoms with Gasteiger partial charge in [-0.1, -0.05) is 20.8 Å². The van der Waals surface area contributed by atoms with E-state index in [0.717, 1.165) is 38.4 Å². The zero-order valence-corrected chi connectivity index (χ0v) is 22.6. The molecule has 2 N–H and O–H groups in total. The molecule has 0 unspecified atom stereocenters. The van der Waals surface area contributed by atoms with Gasteiger partial charge in [0.05, 0.1) is 19.1 Å². The zero-order valence-electron chi connectivity index (χ0n) is 22.6. The number of methoxy groups -OCH3 is 2. The van der Waals surface area contributed by atoms with Crippen molar-refractivity contribution in [2.24, 2.45) is 11.1 Å². The molecule has 0 aromatic heterocycles. The van der Waals surface area contributed by atoms with Crippen molar-refractivity contribution in [2.75, 3.05) is 71.6 Å². The highest BCUT2D eigenvalue weighted by atomic mass is 16.5. The summed E-state index contributed by atoms with van der Waals surface area (Å²) in [5.41, 5.74) is 7.11. The van der Waals surface area contributed by atoms with E-state index in [1.807, 2.05) is 32.9 Å². The predicted molar refractivity (Wildman–Crippen MR) is 139 cm³/mol. The summed E-state index contributed by atoms with van der Waals surface area (Å²) in [4.78, 5) is 45.7. The Labute approximate surface area is 219 Å². The number of likely N-dealkylation sites (tertiary alicyclic amines) is 1. The summed E-state index contributed by atoms with van der Waals surface area (Å²) in [6, 6.07) is 4.89. The van der Waals surface area contributed by atoms with Crippen LogP contribution in [0.1, 0.15) is 42.6 Å². The van der Waals surface area contributed by atoms with E-state index in [9.17, 15) is 14.4 Å². The van der Waals surface area contributed by atoms with Gasteiger partial charge in [-0.3, -0.25) is 19.3 Å².